The van der Waals surface area contributed by atoms with Crippen LogP contribution in [-0.2, 0) is 0 Å². The highest BCUT2D eigenvalue weighted by Crippen LogP contribution is 2.23. The average Bonchev–Trinajstić information content (AvgIpc) is 3.27. The molecule has 1 aliphatic heterocycles. The van der Waals surface area contributed by atoms with E-state index in [1.807, 2.05) is 0 Å². The quantitative estimate of drug-likeness (QED) is 0.407. The number of benzene rings is 2. The number of nitrogens with one attached hydrogen (secondary N) is 2. The molecule has 1 fully saturated rings. The van der Waals surface area contributed by atoms with Crippen LogP contribution < -0.4 is 10.6 Å². The number of anilines is 1. The summed E-state index contributed by atoms with van der Waals surface area (Å²) in [5, 5.41) is 26.9. The standard InChI is InChI=1S/C19H17N5O6S/c25-17(13-9-15(23(27)28)11-16(10-13)24(29)30)21-19(31)20-14-5-3-4-12(8-14)18(26)22-6-1-2-7-22/h3-5,8-11H,1-2,6-7H2,(H2,20,21,25,31). The molecule has 3 rings (SSSR count). The highest BCUT2D eigenvalue weighted by Gasteiger charge is 2.21. The Balaban J connectivity index is 1.70. The molecule has 0 aliphatic carbocycles. The number of thiocarbonyl (C=S) groups is 1. The van der Waals surface area contributed by atoms with Gasteiger partial charge in [-0.25, -0.2) is 0 Å². The van der Waals surface area contributed by atoms with E-state index < -0.39 is 27.1 Å². The third-order valence-electron chi connectivity index (χ3n) is 4.57. The second-order valence-electron chi connectivity index (χ2n) is 6.74. The van der Waals surface area contributed by atoms with E-state index in [2.05, 4.69) is 10.6 Å². The molecule has 12 heteroatoms. The SMILES string of the molecule is O=C(NC(=S)Nc1cccc(C(=O)N2CCCC2)c1)c1cc([N+](=O)[O-])cc([N+](=O)[O-])c1. The third kappa shape index (κ3) is 5.36. The summed E-state index contributed by atoms with van der Waals surface area (Å²) in [5.41, 5.74) is -0.545. The van der Waals surface area contributed by atoms with Crippen molar-refractivity contribution in [3.63, 3.8) is 0 Å². The minimum Gasteiger partial charge on any atom is -0.339 e. The van der Waals surface area contributed by atoms with Crippen molar-refractivity contribution in [1.82, 2.24) is 10.2 Å². The van der Waals surface area contributed by atoms with Crippen LogP contribution >= 0.6 is 12.2 Å². The van der Waals surface area contributed by atoms with E-state index in [4.69, 9.17) is 12.2 Å². The Morgan fingerprint density at radius 1 is 0.935 bits per heavy atom. The molecule has 0 spiro atoms. The maximum Gasteiger partial charge on any atom is 0.277 e. The monoisotopic (exact) mass is 443 g/mol. The highest BCUT2D eigenvalue weighted by molar-refractivity contribution is 7.80. The lowest BCUT2D eigenvalue weighted by Crippen LogP contribution is -2.34. The molecule has 2 aromatic rings. The molecule has 160 valence electrons. The summed E-state index contributed by atoms with van der Waals surface area (Å²) in [4.78, 5) is 47.0. The average molecular weight is 443 g/mol. The van der Waals surface area contributed by atoms with E-state index in [0.717, 1.165) is 31.0 Å². The van der Waals surface area contributed by atoms with Gasteiger partial charge in [0.25, 0.3) is 23.2 Å². The number of amides is 2. The van der Waals surface area contributed by atoms with Crippen LogP contribution in [0.5, 0.6) is 0 Å². The number of nitro groups is 2. The smallest absolute Gasteiger partial charge is 0.277 e. The first-order valence-corrected chi connectivity index (χ1v) is 9.61. The van der Waals surface area contributed by atoms with Crippen LogP contribution in [0.3, 0.4) is 0 Å². The van der Waals surface area contributed by atoms with Gasteiger partial charge in [-0.15, -0.1) is 0 Å². The number of nitrogens with zero attached hydrogens (tertiary/aromatic N) is 3. The van der Waals surface area contributed by atoms with Crippen molar-refractivity contribution in [1.29, 1.82) is 0 Å². The Bertz CT molecular complexity index is 1050. The van der Waals surface area contributed by atoms with E-state index in [9.17, 15) is 29.8 Å². The van der Waals surface area contributed by atoms with Crippen molar-refractivity contribution < 1.29 is 19.4 Å². The molecule has 11 nitrogen and oxygen atoms in total. The summed E-state index contributed by atoms with van der Waals surface area (Å²) in [5.74, 6) is -0.950. The lowest BCUT2D eigenvalue weighted by molar-refractivity contribution is -0.394. The molecule has 0 aromatic heterocycles. The number of hydrogen-bond donors (Lipinski definition) is 2. The summed E-state index contributed by atoms with van der Waals surface area (Å²) in [6, 6.07) is 9.18. The summed E-state index contributed by atoms with van der Waals surface area (Å²) < 4.78 is 0. The first kappa shape index (κ1) is 21.8. The van der Waals surface area contributed by atoms with E-state index >= 15 is 0 Å². The van der Waals surface area contributed by atoms with Crippen LogP contribution in [0.1, 0.15) is 33.6 Å². The lowest BCUT2D eigenvalue weighted by atomic mass is 10.1. The molecule has 0 saturated carbocycles. The maximum atomic E-state index is 12.5. The number of likely N-dealkylation sites (tertiary alicyclic amines) is 1. The fourth-order valence-electron chi connectivity index (χ4n) is 3.11. The van der Waals surface area contributed by atoms with Gasteiger partial charge in [-0.1, -0.05) is 6.07 Å². The first-order chi connectivity index (χ1) is 14.7. The fourth-order valence-corrected chi connectivity index (χ4v) is 3.32. The van der Waals surface area contributed by atoms with Crippen LogP contribution in [0.15, 0.2) is 42.5 Å². The fraction of sp³-hybridized carbons (Fsp3) is 0.211. The van der Waals surface area contributed by atoms with Crippen LogP contribution in [0.2, 0.25) is 0 Å². The molecule has 0 unspecified atom stereocenters. The molecule has 2 amide bonds. The Morgan fingerprint density at radius 3 is 2.13 bits per heavy atom. The Morgan fingerprint density at radius 2 is 1.55 bits per heavy atom. The molecule has 0 atom stereocenters. The zero-order valence-electron chi connectivity index (χ0n) is 16.1. The van der Waals surface area contributed by atoms with E-state index in [1.165, 1.54) is 0 Å². The zero-order valence-corrected chi connectivity index (χ0v) is 16.9. The Hall–Kier alpha value is -3.93. The highest BCUT2D eigenvalue weighted by atomic mass is 32.1. The molecule has 2 N–H and O–H groups in total. The van der Waals surface area contributed by atoms with Crippen molar-refractivity contribution in [2.75, 3.05) is 18.4 Å². The van der Waals surface area contributed by atoms with E-state index in [-0.39, 0.29) is 16.6 Å². The predicted molar refractivity (Wildman–Crippen MR) is 115 cm³/mol. The second-order valence-corrected chi connectivity index (χ2v) is 7.15. The normalized spacial score (nSPS) is 12.8. The van der Waals surface area contributed by atoms with Crippen molar-refractivity contribution in [3.05, 3.63) is 73.8 Å². The largest absolute Gasteiger partial charge is 0.339 e. The van der Waals surface area contributed by atoms with Crippen LogP contribution in [-0.4, -0.2) is 44.8 Å². The van der Waals surface area contributed by atoms with Gasteiger partial charge in [-0.3, -0.25) is 35.1 Å². The van der Waals surface area contributed by atoms with E-state index in [1.54, 1.807) is 29.2 Å². The van der Waals surface area contributed by atoms with Crippen molar-refractivity contribution in [3.8, 4) is 0 Å². The van der Waals surface area contributed by atoms with Crippen LogP contribution in [0.4, 0.5) is 17.1 Å². The third-order valence-corrected chi connectivity index (χ3v) is 4.78. The molecular weight excluding hydrogens is 426 g/mol. The summed E-state index contributed by atoms with van der Waals surface area (Å²) in [6.07, 6.45) is 1.94. The van der Waals surface area contributed by atoms with Gasteiger partial charge in [0.2, 0.25) is 0 Å². The van der Waals surface area contributed by atoms with Gasteiger partial charge in [0, 0.05) is 36.5 Å². The minimum atomic E-state index is -0.853. The topological polar surface area (TPSA) is 148 Å². The minimum absolute atomic E-state index is 0.0972. The number of hydrogen-bond acceptors (Lipinski definition) is 7. The molecule has 1 heterocycles. The summed E-state index contributed by atoms with van der Waals surface area (Å²) in [7, 11) is 0. The molecule has 0 bridgehead atoms. The number of rotatable bonds is 5. The number of nitro benzene ring substituents is 2. The van der Waals surface area contributed by atoms with Crippen LogP contribution in [0, 0.1) is 20.2 Å². The summed E-state index contributed by atoms with van der Waals surface area (Å²) >= 11 is 5.09. The zero-order chi connectivity index (χ0) is 22.5. The number of carbonyl (C=O) groups is 2. The molecular formula is C19H17N5O6S. The van der Waals surface area contributed by atoms with E-state index in [0.29, 0.717) is 24.3 Å². The Labute approximate surface area is 181 Å². The van der Waals surface area contributed by atoms with Gasteiger partial charge in [0.1, 0.15) is 0 Å². The number of non-ortho nitro benzene ring substituents is 2. The van der Waals surface area contributed by atoms with Gasteiger partial charge in [0.15, 0.2) is 5.11 Å². The van der Waals surface area contributed by atoms with Gasteiger partial charge in [-0.05, 0) is 43.3 Å². The van der Waals surface area contributed by atoms with Crippen molar-refractivity contribution in [2.45, 2.75) is 12.8 Å². The molecule has 0 radical (unpaired) electrons. The predicted octanol–water partition coefficient (Wildman–Crippen LogP) is 2.87. The molecule has 1 aliphatic rings. The first-order valence-electron chi connectivity index (χ1n) is 9.20. The molecule has 2 aromatic carbocycles. The van der Waals surface area contributed by atoms with Crippen LogP contribution in [0.25, 0.3) is 0 Å². The lowest BCUT2D eigenvalue weighted by Gasteiger charge is -2.16. The molecule has 1 saturated heterocycles. The summed E-state index contributed by atoms with van der Waals surface area (Å²) in [6.45, 7) is 1.42. The number of carbonyl (C=O) groups excluding carboxylic acids is 2. The Kier molecular flexibility index (Phi) is 6.50. The van der Waals surface area contributed by atoms with Gasteiger partial charge < -0.3 is 10.2 Å². The second kappa shape index (κ2) is 9.26. The van der Waals surface area contributed by atoms with Gasteiger partial charge >= 0.3 is 0 Å². The molecule has 31 heavy (non-hydrogen) atoms. The maximum absolute atomic E-state index is 12.5. The van der Waals surface area contributed by atoms with Gasteiger partial charge in [-0.2, -0.15) is 0 Å². The van der Waals surface area contributed by atoms with Crippen molar-refractivity contribution in [2.24, 2.45) is 0 Å². The van der Waals surface area contributed by atoms with Gasteiger partial charge in [0.05, 0.1) is 21.5 Å². The van der Waals surface area contributed by atoms with Crippen molar-refractivity contribution >= 4 is 46.2 Å².